The number of hydrogen-bond acceptors (Lipinski definition) is 5. The molecule has 0 aromatic heterocycles. The van der Waals surface area contributed by atoms with Crippen LogP contribution in [0.5, 0.6) is 11.5 Å². The van der Waals surface area contributed by atoms with E-state index in [-0.39, 0.29) is 11.0 Å². The van der Waals surface area contributed by atoms with Gasteiger partial charge in [-0.2, -0.15) is 0 Å². The Hall–Kier alpha value is -1.24. The largest absolute Gasteiger partial charge is 0.870 e. The summed E-state index contributed by atoms with van der Waals surface area (Å²) in [5.41, 5.74) is 1.46. The molecule has 1 aromatic carbocycles. The standard InChI is InChI=1S/C10H13BO3.2H2O/c1-12-6-7-4-8(13-2)5-9(14-3)10(7)11;;/h4-5H,6H2,1-3H3;2*1H2/q+2;;/p-2. The van der Waals surface area contributed by atoms with E-state index in [0.29, 0.717) is 23.6 Å². The van der Waals surface area contributed by atoms with Gasteiger partial charge >= 0.3 is 84.7 Å². The molecule has 6 heteroatoms. The van der Waals surface area contributed by atoms with Crippen LogP contribution >= 0.6 is 0 Å². The Kier molecular flexibility index (Phi) is 8.56. The van der Waals surface area contributed by atoms with Crippen LogP contribution in [-0.2, 0) is 11.3 Å². The summed E-state index contributed by atoms with van der Waals surface area (Å²) >= 11 is 0. The van der Waals surface area contributed by atoms with E-state index in [9.17, 15) is 0 Å². The van der Waals surface area contributed by atoms with Gasteiger partial charge in [-0.3, -0.25) is 0 Å². The Morgan fingerprint density at radius 1 is 1.06 bits per heavy atom. The molecule has 16 heavy (non-hydrogen) atoms. The van der Waals surface area contributed by atoms with Crippen LogP contribution in [0.1, 0.15) is 5.56 Å². The van der Waals surface area contributed by atoms with Gasteiger partial charge in [-0.25, -0.2) is 0 Å². The molecule has 0 heterocycles. The summed E-state index contributed by atoms with van der Waals surface area (Å²) in [7, 11) is 10.6. The van der Waals surface area contributed by atoms with E-state index in [0.717, 1.165) is 5.56 Å². The molecule has 0 bridgehead atoms. The molecule has 0 radical (unpaired) electrons. The molecule has 0 spiro atoms. The van der Waals surface area contributed by atoms with Crippen molar-refractivity contribution in [3.63, 3.8) is 0 Å². The molecule has 1 aromatic rings. The van der Waals surface area contributed by atoms with Crippen LogP contribution in [0, 0.1) is 0 Å². The van der Waals surface area contributed by atoms with Crippen molar-refractivity contribution in [3.8, 4) is 11.5 Å². The van der Waals surface area contributed by atoms with Gasteiger partial charge in [0.2, 0.25) is 0 Å². The molecule has 1 rings (SSSR count). The normalized spacial score (nSPS) is 8.81. The van der Waals surface area contributed by atoms with Gasteiger partial charge in [0.1, 0.15) is 0 Å². The van der Waals surface area contributed by atoms with Gasteiger partial charge in [0.05, 0.1) is 0 Å². The summed E-state index contributed by atoms with van der Waals surface area (Å²) in [6, 6.07) is 3.58. The molecule has 0 saturated carbocycles. The first-order valence-electron chi connectivity index (χ1n) is 4.22. The second-order valence-electron chi connectivity index (χ2n) is 2.84. The second kappa shape index (κ2) is 7.98. The maximum absolute atomic E-state index is 5.84. The maximum atomic E-state index is 5.84. The van der Waals surface area contributed by atoms with Crippen molar-refractivity contribution in [2.45, 2.75) is 6.61 Å². The van der Waals surface area contributed by atoms with E-state index in [4.69, 9.17) is 22.1 Å². The molecule has 0 aliphatic heterocycles. The number of benzene rings is 1. The molecule has 88 valence electrons. The van der Waals surface area contributed by atoms with Crippen LogP contribution in [0.15, 0.2) is 12.1 Å². The van der Waals surface area contributed by atoms with Crippen LogP contribution in [0.2, 0.25) is 0 Å². The predicted octanol–water partition coefficient (Wildman–Crippen LogP) is 0.290. The minimum atomic E-state index is 0. The van der Waals surface area contributed by atoms with Crippen molar-refractivity contribution < 1.29 is 25.2 Å². The first kappa shape index (κ1) is 17.2. The smallest absolute Gasteiger partial charge is 0.870 e. The minimum Gasteiger partial charge on any atom is -0.870 e. The Bertz CT molecular complexity index is 316. The minimum absolute atomic E-state index is 0. The molecule has 0 unspecified atom stereocenters. The topological polar surface area (TPSA) is 87.7 Å². The van der Waals surface area contributed by atoms with Gasteiger partial charge in [0.25, 0.3) is 0 Å². The quantitative estimate of drug-likeness (QED) is 0.688. The van der Waals surface area contributed by atoms with Crippen LogP contribution < -0.4 is 14.9 Å². The SMILES string of the molecule is [B+2]c1c(COC)cc(OC)cc1OC.[OH-].[OH-]. The first-order chi connectivity index (χ1) is 6.72. The fraction of sp³-hybridized carbons (Fsp3) is 0.400. The Morgan fingerprint density at radius 3 is 2.12 bits per heavy atom. The van der Waals surface area contributed by atoms with E-state index >= 15 is 0 Å². The summed E-state index contributed by atoms with van der Waals surface area (Å²) in [5, 5.41) is 0. The molecular weight excluding hydrogens is 211 g/mol. The monoisotopic (exact) mass is 226 g/mol. The van der Waals surface area contributed by atoms with E-state index in [1.807, 2.05) is 6.07 Å². The van der Waals surface area contributed by atoms with Crippen LogP contribution in [-0.4, -0.2) is 40.1 Å². The Morgan fingerprint density at radius 2 is 1.69 bits per heavy atom. The van der Waals surface area contributed by atoms with Crippen molar-refractivity contribution in [1.29, 1.82) is 0 Å². The van der Waals surface area contributed by atoms with Gasteiger partial charge in [0, 0.05) is 0 Å². The summed E-state index contributed by atoms with van der Waals surface area (Å²) in [6.45, 7) is 0.444. The fourth-order valence-corrected chi connectivity index (χ4v) is 1.22. The van der Waals surface area contributed by atoms with Crippen molar-refractivity contribution in [2.24, 2.45) is 0 Å². The van der Waals surface area contributed by atoms with Crippen molar-refractivity contribution >= 4 is 13.3 Å². The Labute approximate surface area is 96.3 Å². The number of methoxy groups -OCH3 is 3. The number of ether oxygens (including phenoxy) is 3. The molecule has 5 nitrogen and oxygen atoms in total. The van der Waals surface area contributed by atoms with E-state index < -0.39 is 0 Å². The van der Waals surface area contributed by atoms with Gasteiger partial charge in [-0.05, 0) is 0 Å². The van der Waals surface area contributed by atoms with Crippen molar-refractivity contribution in [1.82, 2.24) is 0 Å². The van der Waals surface area contributed by atoms with Crippen LogP contribution in [0.3, 0.4) is 0 Å². The third kappa shape index (κ3) is 3.73. The number of rotatable bonds is 4. The third-order valence-electron chi connectivity index (χ3n) is 1.96. The zero-order valence-corrected chi connectivity index (χ0v) is 9.56. The summed E-state index contributed by atoms with van der Waals surface area (Å²) in [6.07, 6.45) is 0. The van der Waals surface area contributed by atoms with Crippen molar-refractivity contribution in [2.75, 3.05) is 21.3 Å². The van der Waals surface area contributed by atoms with E-state index in [2.05, 4.69) is 0 Å². The molecule has 0 saturated heterocycles. The van der Waals surface area contributed by atoms with Crippen LogP contribution in [0.4, 0.5) is 0 Å². The molecule has 0 atom stereocenters. The summed E-state index contributed by atoms with van der Waals surface area (Å²) < 4.78 is 15.2. The molecular formula is C10H15BO5. The van der Waals surface area contributed by atoms with E-state index in [1.165, 1.54) is 0 Å². The van der Waals surface area contributed by atoms with Crippen LogP contribution in [0.25, 0.3) is 0 Å². The average molecular weight is 226 g/mol. The molecule has 0 aliphatic carbocycles. The molecule has 0 fully saturated rings. The average Bonchev–Trinajstić information content (AvgIpc) is 2.21. The number of hydrogen-bond donors (Lipinski definition) is 0. The maximum Gasteiger partial charge on any atom is -0.870 e. The summed E-state index contributed by atoms with van der Waals surface area (Å²) in [4.78, 5) is 0. The fourth-order valence-electron chi connectivity index (χ4n) is 1.22. The van der Waals surface area contributed by atoms with Gasteiger partial charge in [0.15, 0.2) is 0 Å². The second-order valence-corrected chi connectivity index (χ2v) is 2.84. The van der Waals surface area contributed by atoms with Gasteiger partial charge in [-0.15, -0.1) is 0 Å². The molecule has 2 N–H and O–H groups in total. The molecule has 0 aliphatic rings. The van der Waals surface area contributed by atoms with Gasteiger partial charge in [-0.1, -0.05) is 0 Å². The predicted molar refractivity (Wildman–Crippen MR) is 59.5 cm³/mol. The first-order valence-corrected chi connectivity index (χ1v) is 4.22. The summed E-state index contributed by atoms with van der Waals surface area (Å²) in [5.74, 6) is 1.32. The third-order valence-corrected chi connectivity index (χ3v) is 1.96. The zero-order chi connectivity index (χ0) is 10.6. The molecule has 0 amide bonds. The van der Waals surface area contributed by atoms with Crippen molar-refractivity contribution in [3.05, 3.63) is 17.7 Å². The van der Waals surface area contributed by atoms with E-state index in [1.54, 1.807) is 27.4 Å². The zero-order valence-electron chi connectivity index (χ0n) is 9.56. The van der Waals surface area contributed by atoms with Gasteiger partial charge < -0.3 is 11.0 Å². The Balaban J connectivity index is 0.